The molecule has 0 aromatic rings. The second-order valence-electron chi connectivity index (χ2n) is 22.2. The van der Waals surface area contributed by atoms with Gasteiger partial charge in [0, 0.05) is 25.7 Å². The van der Waals surface area contributed by atoms with Crippen LogP contribution in [0.15, 0.2) is 0 Å². The molecule has 5 atom stereocenters. The number of rotatable bonds is 60. The van der Waals surface area contributed by atoms with Crippen molar-refractivity contribution in [2.24, 2.45) is 5.92 Å². The molecule has 0 rings (SSSR count). The first-order valence-corrected chi connectivity index (χ1v) is 34.6. The van der Waals surface area contributed by atoms with Gasteiger partial charge in [-0.25, -0.2) is 9.13 Å². The van der Waals surface area contributed by atoms with Crippen LogP contribution in [0.3, 0.4) is 0 Å². The Bertz CT molecular complexity index is 1550. The zero-order valence-electron chi connectivity index (χ0n) is 50.5. The first-order chi connectivity index (χ1) is 38.0. The molecule has 0 heterocycles. The van der Waals surface area contributed by atoms with Crippen molar-refractivity contribution in [1.82, 2.24) is 0 Å². The Balaban J connectivity index is 5.08. The summed E-state index contributed by atoms with van der Waals surface area (Å²) in [6.07, 6.45) is 37.1. The molecule has 3 N–H and O–H groups in total. The number of hydrogen-bond acceptors (Lipinski definition) is 15. The van der Waals surface area contributed by atoms with Crippen molar-refractivity contribution in [3.05, 3.63) is 0 Å². The number of carbonyl (C=O) groups excluding carboxylic acids is 4. The van der Waals surface area contributed by atoms with Crippen LogP contribution in [-0.2, 0) is 65.4 Å². The summed E-state index contributed by atoms with van der Waals surface area (Å²) in [5, 5.41) is 10.5. The predicted octanol–water partition coefficient (Wildman–Crippen LogP) is 16.2. The summed E-state index contributed by atoms with van der Waals surface area (Å²) in [4.78, 5) is 71.5. The van der Waals surface area contributed by atoms with Crippen LogP contribution in [0.5, 0.6) is 0 Å². The molecule has 0 spiro atoms. The SMILES string of the molecule is CCCCCCCCCCCCCCCCCCCCC(=O)O[C@H](COC(=O)CCCCCCCCCCC(C)C)COP(=O)(O)OC[C@@H](O)COP(=O)(O)OC[C@@H](COC(=O)CCCCCCC)OC(=O)CCCCCCC. The number of hydrogen-bond donors (Lipinski definition) is 3. The molecule has 0 aromatic carbocycles. The smallest absolute Gasteiger partial charge is 0.462 e. The second kappa shape index (κ2) is 54.0. The Hall–Kier alpha value is -1.94. The number of esters is 4. The van der Waals surface area contributed by atoms with E-state index in [0.29, 0.717) is 25.7 Å². The quantitative estimate of drug-likeness (QED) is 0.0222. The van der Waals surface area contributed by atoms with Crippen molar-refractivity contribution in [1.29, 1.82) is 0 Å². The normalized spacial score (nSPS) is 14.3. The van der Waals surface area contributed by atoms with Gasteiger partial charge in [-0.3, -0.25) is 37.3 Å². The molecule has 0 aliphatic carbocycles. The van der Waals surface area contributed by atoms with Gasteiger partial charge in [-0.1, -0.05) is 247 Å². The molecule has 0 aliphatic heterocycles. The highest BCUT2D eigenvalue weighted by molar-refractivity contribution is 7.47. The maximum atomic E-state index is 12.9. The highest BCUT2D eigenvalue weighted by Gasteiger charge is 2.30. The molecule has 0 saturated heterocycles. The lowest BCUT2D eigenvalue weighted by molar-refractivity contribution is -0.161. The lowest BCUT2D eigenvalue weighted by Crippen LogP contribution is -2.30. The topological polar surface area (TPSA) is 237 Å². The Kier molecular flexibility index (Phi) is 52.7. The summed E-state index contributed by atoms with van der Waals surface area (Å²) >= 11 is 0. The van der Waals surface area contributed by atoms with Crippen molar-refractivity contribution in [3.8, 4) is 0 Å². The monoisotopic (exact) mass is 1170 g/mol. The minimum Gasteiger partial charge on any atom is -0.462 e. The zero-order chi connectivity index (χ0) is 58.5. The van der Waals surface area contributed by atoms with Crippen molar-refractivity contribution < 1.29 is 80.2 Å². The van der Waals surface area contributed by atoms with E-state index in [1.165, 1.54) is 116 Å². The fraction of sp³-hybridized carbons (Fsp3) is 0.933. The zero-order valence-corrected chi connectivity index (χ0v) is 52.3. The van der Waals surface area contributed by atoms with E-state index in [4.69, 9.17) is 37.0 Å². The van der Waals surface area contributed by atoms with E-state index in [-0.39, 0.29) is 25.7 Å². The van der Waals surface area contributed by atoms with Crippen molar-refractivity contribution in [2.45, 2.75) is 316 Å². The maximum Gasteiger partial charge on any atom is 0.472 e. The van der Waals surface area contributed by atoms with Crippen LogP contribution in [0.25, 0.3) is 0 Å². The highest BCUT2D eigenvalue weighted by atomic mass is 31.2. The molecular weight excluding hydrogens is 1050 g/mol. The summed E-state index contributed by atoms with van der Waals surface area (Å²) in [5.74, 6) is -1.44. The van der Waals surface area contributed by atoms with Crippen LogP contribution >= 0.6 is 15.6 Å². The maximum absolute atomic E-state index is 12.9. The number of ether oxygens (including phenoxy) is 4. The van der Waals surface area contributed by atoms with E-state index in [9.17, 15) is 43.2 Å². The molecule has 2 unspecified atom stereocenters. The molecule has 0 bridgehead atoms. The van der Waals surface area contributed by atoms with Crippen LogP contribution in [0.2, 0.25) is 0 Å². The van der Waals surface area contributed by atoms with Crippen molar-refractivity contribution in [2.75, 3.05) is 39.6 Å². The third-order valence-electron chi connectivity index (χ3n) is 13.8. The highest BCUT2D eigenvalue weighted by Crippen LogP contribution is 2.45. The van der Waals surface area contributed by atoms with E-state index in [1.807, 2.05) is 0 Å². The van der Waals surface area contributed by atoms with E-state index in [1.54, 1.807) is 0 Å². The van der Waals surface area contributed by atoms with Gasteiger partial charge < -0.3 is 33.8 Å². The molecule has 0 amide bonds. The van der Waals surface area contributed by atoms with Gasteiger partial charge in [0.1, 0.15) is 19.3 Å². The predicted molar refractivity (Wildman–Crippen MR) is 312 cm³/mol. The Morgan fingerprint density at radius 3 is 0.861 bits per heavy atom. The lowest BCUT2D eigenvalue weighted by Gasteiger charge is -2.21. The van der Waals surface area contributed by atoms with E-state index in [2.05, 4.69) is 34.6 Å². The number of phosphoric ester groups is 2. The molecule has 0 fully saturated rings. The van der Waals surface area contributed by atoms with Crippen LogP contribution in [-0.4, -0.2) is 96.7 Å². The van der Waals surface area contributed by atoms with Crippen LogP contribution in [0, 0.1) is 5.92 Å². The van der Waals surface area contributed by atoms with Gasteiger partial charge in [-0.05, 0) is 31.6 Å². The number of aliphatic hydroxyl groups excluding tert-OH is 1. The molecule has 0 radical (unpaired) electrons. The van der Waals surface area contributed by atoms with Gasteiger partial charge in [-0.2, -0.15) is 0 Å². The fourth-order valence-electron chi connectivity index (χ4n) is 8.88. The summed E-state index contributed by atoms with van der Waals surface area (Å²) < 4.78 is 67.4. The first kappa shape index (κ1) is 77.1. The molecular formula is C60H116O17P2. The summed E-state index contributed by atoms with van der Waals surface area (Å²) in [5.41, 5.74) is 0. The minimum absolute atomic E-state index is 0.0988. The number of unbranched alkanes of at least 4 members (excludes halogenated alkanes) is 32. The molecule has 468 valence electrons. The average Bonchev–Trinajstić information content (AvgIpc) is 3.41. The Morgan fingerprint density at radius 1 is 0.342 bits per heavy atom. The molecule has 0 aliphatic rings. The first-order valence-electron chi connectivity index (χ1n) is 31.6. The third kappa shape index (κ3) is 55.0. The summed E-state index contributed by atoms with van der Waals surface area (Å²) in [6.45, 7) is 6.95. The Morgan fingerprint density at radius 2 is 0.582 bits per heavy atom. The van der Waals surface area contributed by atoms with Gasteiger partial charge in [0.25, 0.3) is 0 Å². The minimum atomic E-state index is -4.94. The Labute approximate surface area is 479 Å². The second-order valence-corrected chi connectivity index (χ2v) is 25.1. The lowest BCUT2D eigenvalue weighted by atomic mass is 10.0. The van der Waals surface area contributed by atoms with Crippen molar-refractivity contribution >= 4 is 39.5 Å². The van der Waals surface area contributed by atoms with Crippen LogP contribution < -0.4 is 0 Å². The van der Waals surface area contributed by atoms with E-state index in [0.717, 1.165) is 102 Å². The van der Waals surface area contributed by atoms with Gasteiger partial charge >= 0.3 is 39.5 Å². The van der Waals surface area contributed by atoms with Crippen LogP contribution in [0.4, 0.5) is 0 Å². The standard InChI is InChI=1S/C60H116O17P2/c1-6-9-12-15-16-17-18-19-20-21-22-23-24-25-26-31-36-41-46-60(65)77-56(50-71-58(63)44-39-35-30-28-27-29-34-37-42-53(4)5)52-75-79(68,69)73-48-54(61)47-72-78(66,67)74-51-55(76-59(64)45-40-33-14-11-8-3)49-70-57(62)43-38-32-13-10-7-2/h53-56,61H,6-52H2,1-5H3,(H,66,67)(H,68,69)/t54-,55+,56+/m0/s1. The van der Waals surface area contributed by atoms with Gasteiger partial charge in [0.2, 0.25) is 0 Å². The number of phosphoric acid groups is 2. The molecule has 0 saturated carbocycles. The van der Waals surface area contributed by atoms with E-state index >= 15 is 0 Å². The van der Waals surface area contributed by atoms with Gasteiger partial charge in [0.15, 0.2) is 12.2 Å². The average molecular weight is 1170 g/mol. The van der Waals surface area contributed by atoms with Gasteiger partial charge in [-0.15, -0.1) is 0 Å². The van der Waals surface area contributed by atoms with E-state index < -0.39 is 97.5 Å². The molecule has 0 aromatic heterocycles. The molecule has 17 nitrogen and oxygen atoms in total. The van der Waals surface area contributed by atoms with Gasteiger partial charge in [0.05, 0.1) is 26.4 Å². The van der Waals surface area contributed by atoms with Crippen LogP contribution in [0.1, 0.15) is 298 Å². The number of aliphatic hydroxyl groups is 1. The summed E-state index contributed by atoms with van der Waals surface area (Å²) in [6, 6.07) is 0. The largest absolute Gasteiger partial charge is 0.472 e. The number of carbonyl (C=O) groups is 4. The third-order valence-corrected chi connectivity index (χ3v) is 15.7. The van der Waals surface area contributed by atoms with Crippen molar-refractivity contribution in [3.63, 3.8) is 0 Å². The summed E-state index contributed by atoms with van der Waals surface area (Å²) in [7, 11) is -9.86. The molecule has 19 heteroatoms. The fourth-order valence-corrected chi connectivity index (χ4v) is 10.5. The molecule has 79 heavy (non-hydrogen) atoms.